The van der Waals surface area contributed by atoms with Crippen molar-refractivity contribution in [2.24, 2.45) is 11.7 Å². The molecule has 82 valence electrons. The van der Waals surface area contributed by atoms with Crippen molar-refractivity contribution in [2.45, 2.75) is 32.2 Å². The SMILES string of the molecule is COC(=O)N1CCC(CN)CC1(C)C. The summed E-state index contributed by atoms with van der Waals surface area (Å²) in [4.78, 5) is 13.2. The molecule has 1 aliphatic heterocycles. The first-order valence-corrected chi connectivity index (χ1v) is 5.07. The lowest BCUT2D eigenvalue weighted by molar-refractivity contribution is 0.0388. The molecule has 1 aliphatic rings. The third-order valence-corrected chi connectivity index (χ3v) is 3.01. The van der Waals surface area contributed by atoms with E-state index in [-0.39, 0.29) is 11.6 Å². The van der Waals surface area contributed by atoms with Crippen molar-refractivity contribution in [2.75, 3.05) is 20.2 Å². The predicted molar refractivity (Wildman–Crippen MR) is 55.0 cm³/mol. The summed E-state index contributed by atoms with van der Waals surface area (Å²) in [5.41, 5.74) is 5.51. The standard InChI is InChI=1S/C10H20N2O2/c1-10(2)6-8(7-11)4-5-12(10)9(13)14-3/h8H,4-7,11H2,1-3H3. The molecule has 0 saturated carbocycles. The molecule has 0 radical (unpaired) electrons. The zero-order chi connectivity index (χ0) is 10.8. The number of likely N-dealkylation sites (tertiary alicyclic amines) is 1. The molecule has 14 heavy (non-hydrogen) atoms. The maximum absolute atomic E-state index is 11.4. The Morgan fingerprint density at radius 1 is 1.64 bits per heavy atom. The summed E-state index contributed by atoms with van der Waals surface area (Å²) in [6.07, 6.45) is 1.71. The van der Waals surface area contributed by atoms with Gasteiger partial charge in [-0.05, 0) is 39.2 Å². The molecular weight excluding hydrogens is 180 g/mol. The molecule has 1 fully saturated rings. The van der Waals surface area contributed by atoms with E-state index in [1.165, 1.54) is 7.11 Å². The molecule has 0 aromatic carbocycles. The Morgan fingerprint density at radius 2 is 2.29 bits per heavy atom. The summed E-state index contributed by atoms with van der Waals surface area (Å²) in [6, 6.07) is 0. The van der Waals surface area contributed by atoms with Crippen LogP contribution in [0.2, 0.25) is 0 Å². The van der Waals surface area contributed by atoms with Crippen LogP contribution in [-0.2, 0) is 4.74 Å². The monoisotopic (exact) mass is 200 g/mol. The highest BCUT2D eigenvalue weighted by Crippen LogP contribution is 2.31. The highest BCUT2D eigenvalue weighted by Gasteiger charge is 2.37. The van der Waals surface area contributed by atoms with Crippen molar-refractivity contribution in [3.63, 3.8) is 0 Å². The summed E-state index contributed by atoms with van der Waals surface area (Å²) in [5, 5.41) is 0. The van der Waals surface area contributed by atoms with Crippen LogP contribution in [0, 0.1) is 5.92 Å². The molecule has 1 atom stereocenters. The molecule has 1 amide bonds. The summed E-state index contributed by atoms with van der Waals surface area (Å²) >= 11 is 0. The highest BCUT2D eigenvalue weighted by atomic mass is 16.5. The first-order valence-electron chi connectivity index (χ1n) is 5.07. The molecular formula is C10H20N2O2. The van der Waals surface area contributed by atoms with Crippen LogP contribution in [0.25, 0.3) is 0 Å². The number of piperidine rings is 1. The van der Waals surface area contributed by atoms with E-state index in [1.807, 2.05) is 0 Å². The average molecular weight is 200 g/mol. The van der Waals surface area contributed by atoms with Crippen molar-refractivity contribution in [3.05, 3.63) is 0 Å². The van der Waals surface area contributed by atoms with Crippen molar-refractivity contribution in [3.8, 4) is 0 Å². The normalized spacial score (nSPS) is 26.0. The molecule has 1 saturated heterocycles. The fourth-order valence-electron chi connectivity index (χ4n) is 2.18. The molecule has 1 unspecified atom stereocenters. The van der Waals surface area contributed by atoms with Crippen molar-refractivity contribution < 1.29 is 9.53 Å². The summed E-state index contributed by atoms with van der Waals surface area (Å²) in [7, 11) is 1.42. The Kier molecular flexibility index (Phi) is 3.37. The molecule has 1 heterocycles. The topological polar surface area (TPSA) is 55.6 Å². The second kappa shape index (κ2) is 4.17. The molecule has 1 rings (SSSR count). The molecule has 0 aromatic rings. The zero-order valence-corrected chi connectivity index (χ0v) is 9.25. The average Bonchev–Trinajstić information content (AvgIpc) is 2.15. The third kappa shape index (κ3) is 2.18. The fraction of sp³-hybridized carbons (Fsp3) is 0.900. The van der Waals surface area contributed by atoms with E-state index in [0.29, 0.717) is 12.5 Å². The Labute approximate surface area is 85.4 Å². The van der Waals surface area contributed by atoms with Gasteiger partial charge in [-0.25, -0.2) is 4.79 Å². The van der Waals surface area contributed by atoms with Crippen LogP contribution in [0.5, 0.6) is 0 Å². The first kappa shape index (κ1) is 11.3. The smallest absolute Gasteiger partial charge is 0.409 e. The molecule has 0 bridgehead atoms. The summed E-state index contributed by atoms with van der Waals surface area (Å²) in [6.45, 7) is 5.58. The van der Waals surface area contributed by atoms with Crippen LogP contribution in [-0.4, -0.2) is 36.7 Å². The van der Waals surface area contributed by atoms with Crippen LogP contribution in [0.4, 0.5) is 4.79 Å². The quantitative estimate of drug-likeness (QED) is 0.692. The van der Waals surface area contributed by atoms with Crippen LogP contribution in [0.15, 0.2) is 0 Å². The minimum absolute atomic E-state index is 0.130. The van der Waals surface area contributed by atoms with Crippen LogP contribution in [0.1, 0.15) is 26.7 Å². The largest absolute Gasteiger partial charge is 0.453 e. The van der Waals surface area contributed by atoms with E-state index in [9.17, 15) is 4.79 Å². The van der Waals surface area contributed by atoms with E-state index in [4.69, 9.17) is 10.5 Å². The van der Waals surface area contributed by atoms with Gasteiger partial charge in [-0.1, -0.05) is 0 Å². The van der Waals surface area contributed by atoms with Crippen molar-refractivity contribution >= 4 is 6.09 Å². The fourth-order valence-corrected chi connectivity index (χ4v) is 2.18. The van der Waals surface area contributed by atoms with E-state index in [0.717, 1.165) is 19.4 Å². The molecule has 0 aromatic heterocycles. The van der Waals surface area contributed by atoms with E-state index in [2.05, 4.69) is 13.8 Å². The van der Waals surface area contributed by atoms with Crippen molar-refractivity contribution in [1.82, 2.24) is 4.90 Å². The van der Waals surface area contributed by atoms with Gasteiger partial charge in [0.25, 0.3) is 0 Å². The molecule has 4 heteroatoms. The predicted octanol–water partition coefficient (Wildman–Crippen LogP) is 1.20. The Morgan fingerprint density at radius 3 is 2.71 bits per heavy atom. The Balaban J connectivity index is 2.67. The van der Waals surface area contributed by atoms with E-state index < -0.39 is 0 Å². The second-order valence-electron chi connectivity index (χ2n) is 4.53. The van der Waals surface area contributed by atoms with Gasteiger partial charge in [0.05, 0.1) is 7.11 Å². The number of carbonyl (C=O) groups excluding carboxylic acids is 1. The lowest BCUT2D eigenvalue weighted by Gasteiger charge is -2.44. The minimum atomic E-state index is -0.231. The lowest BCUT2D eigenvalue weighted by atomic mass is 9.83. The molecule has 0 aliphatic carbocycles. The number of carbonyl (C=O) groups is 1. The lowest BCUT2D eigenvalue weighted by Crippen LogP contribution is -2.53. The van der Waals surface area contributed by atoms with Gasteiger partial charge in [0.15, 0.2) is 0 Å². The first-order chi connectivity index (χ1) is 6.51. The van der Waals surface area contributed by atoms with Gasteiger partial charge in [-0.15, -0.1) is 0 Å². The van der Waals surface area contributed by atoms with Crippen LogP contribution < -0.4 is 5.73 Å². The summed E-state index contributed by atoms with van der Waals surface area (Å²) < 4.78 is 4.75. The minimum Gasteiger partial charge on any atom is -0.453 e. The number of ether oxygens (including phenoxy) is 1. The van der Waals surface area contributed by atoms with Gasteiger partial charge in [0.2, 0.25) is 0 Å². The highest BCUT2D eigenvalue weighted by molar-refractivity contribution is 5.68. The van der Waals surface area contributed by atoms with Gasteiger partial charge in [-0.2, -0.15) is 0 Å². The molecule has 0 spiro atoms. The maximum Gasteiger partial charge on any atom is 0.409 e. The zero-order valence-electron chi connectivity index (χ0n) is 9.25. The number of methoxy groups -OCH3 is 1. The van der Waals surface area contributed by atoms with Gasteiger partial charge in [0, 0.05) is 12.1 Å². The van der Waals surface area contributed by atoms with Crippen LogP contribution >= 0.6 is 0 Å². The van der Waals surface area contributed by atoms with E-state index in [1.54, 1.807) is 4.90 Å². The van der Waals surface area contributed by atoms with Gasteiger partial charge in [0.1, 0.15) is 0 Å². The third-order valence-electron chi connectivity index (χ3n) is 3.01. The number of rotatable bonds is 1. The van der Waals surface area contributed by atoms with Gasteiger partial charge in [-0.3, -0.25) is 0 Å². The number of nitrogens with two attached hydrogens (primary N) is 1. The molecule has 2 N–H and O–H groups in total. The van der Waals surface area contributed by atoms with Gasteiger partial charge >= 0.3 is 6.09 Å². The number of hydrogen-bond donors (Lipinski definition) is 1. The van der Waals surface area contributed by atoms with Gasteiger partial charge < -0.3 is 15.4 Å². The van der Waals surface area contributed by atoms with Crippen LogP contribution in [0.3, 0.4) is 0 Å². The molecule has 4 nitrogen and oxygen atoms in total. The number of nitrogens with zero attached hydrogens (tertiary/aromatic N) is 1. The second-order valence-corrected chi connectivity index (χ2v) is 4.53. The summed E-state index contributed by atoms with van der Waals surface area (Å²) in [5.74, 6) is 0.533. The Hall–Kier alpha value is -0.770. The van der Waals surface area contributed by atoms with E-state index >= 15 is 0 Å². The number of hydrogen-bond acceptors (Lipinski definition) is 3. The maximum atomic E-state index is 11.4. The van der Waals surface area contributed by atoms with Crippen molar-refractivity contribution in [1.29, 1.82) is 0 Å². The number of amides is 1. The Bertz CT molecular complexity index is 216.